The van der Waals surface area contributed by atoms with E-state index in [1.807, 2.05) is 4.90 Å². The number of rotatable bonds is 3. The summed E-state index contributed by atoms with van der Waals surface area (Å²) in [5.41, 5.74) is 2.62. The summed E-state index contributed by atoms with van der Waals surface area (Å²) in [6.45, 7) is 5.32. The first-order valence-electron chi connectivity index (χ1n) is 9.37. The second-order valence-corrected chi connectivity index (χ2v) is 7.28. The van der Waals surface area contributed by atoms with Crippen LogP contribution in [0.5, 0.6) is 0 Å². The fraction of sp³-hybridized carbons (Fsp3) is 0.550. The summed E-state index contributed by atoms with van der Waals surface area (Å²) in [6.07, 6.45) is 4.85. The second kappa shape index (κ2) is 7.18. The highest BCUT2D eigenvalue weighted by atomic mass is 16.5. The van der Waals surface area contributed by atoms with Gasteiger partial charge in [-0.2, -0.15) is 0 Å². The molecular weight excluding hydrogens is 314 g/mol. The molecule has 2 saturated heterocycles. The molecule has 25 heavy (non-hydrogen) atoms. The van der Waals surface area contributed by atoms with Crippen LogP contribution in [-0.4, -0.2) is 59.2 Å². The van der Waals surface area contributed by atoms with Gasteiger partial charge in [-0.1, -0.05) is 12.1 Å². The average Bonchev–Trinajstić information content (AvgIpc) is 3.21. The number of nitrogens with zero attached hydrogens (tertiary/aromatic N) is 3. The lowest BCUT2D eigenvalue weighted by Crippen LogP contribution is -2.41. The van der Waals surface area contributed by atoms with Gasteiger partial charge in [0.1, 0.15) is 6.10 Å². The van der Waals surface area contributed by atoms with Crippen LogP contribution in [-0.2, 0) is 23.1 Å². The van der Waals surface area contributed by atoms with Crippen LogP contribution in [0.3, 0.4) is 0 Å². The Kier molecular flexibility index (Phi) is 4.77. The van der Waals surface area contributed by atoms with Gasteiger partial charge in [0, 0.05) is 58.1 Å². The van der Waals surface area contributed by atoms with Gasteiger partial charge in [-0.05, 0) is 42.3 Å². The normalized spacial score (nSPS) is 22.4. The van der Waals surface area contributed by atoms with E-state index < -0.39 is 0 Å². The maximum atomic E-state index is 12.6. The number of ether oxygens (including phenoxy) is 1. The molecule has 1 atom stereocenters. The minimum atomic E-state index is -0.189. The summed E-state index contributed by atoms with van der Waals surface area (Å²) in [5, 5.41) is 1.29. The molecule has 2 aliphatic heterocycles. The maximum Gasteiger partial charge on any atom is 0.251 e. The summed E-state index contributed by atoms with van der Waals surface area (Å²) in [5.74, 6) is 0.199. The van der Waals surface area contributed by atoms with Crippen molar-refractivity contribution in [2.75, 3.05) is 32.8 Å². The van der Waals surface area contributed by atoms with Crippen molar-refractivity contribution < 1.29 is 9.53 Å². The van der Waals surface area contributed by atoms with Crippen molar-refractivity contribution in [3.05, 3.63) is 36.0 Å². The highest BCUT2D eigenvalue weighted by Gasteiger charge is 2.29. The Labute approximate surface area is 149 Å². The number of carbonyl (C=O) groups is 1. The van der Waals surface area contributed by atoms with Gasteiger partial charge >= 0.3 is 0 Å². The van der Waals surface area contributed by atoms with Crippen LogP contribution in [0, 0.1) is 0 Å². The summed E-state index contributed by atoms with van der Waals surface area (Å²) < 4.78 is 7.74. The molecule has 5 heteroatoms. The predicted molar refractivity (Wildman–Crippen MR) is 98.4 cm³/mol. The van der Waals surface area contributed by atoms with E-state index in [2.05, 4.69) is 47.0 Å². The van der Waals surface area contributed by atoms with Gasteiger partial charge in [-0.15, -0.1) is 0 Å². The Morgan fingerprint density at radius 3 is 2.92 bits per heavy atom. The molecular formula is C20H27N3O2. The molecule has 0 aliphatic carbocycles. The number of hydrogen-bond donors (Lipinski definition) is 0. The molecule has 5 nitrogen and oxygen atoms in total. The Hall–Kier alpha value is -1.85. The van der Waals surface area contributed by atoms with Crippen LogP contribution >= 0.6 is 0 Å². The van der Waals surface area contributed by atoms with Crippen molar-refractivity contribution in [1.29, 1.82) is 0 Å². The Balaban J connectivity index is 1.38. The van der Waals surface area contributed by atoms with E-state index >= 15 is 0 Å². The van der Waals surface area contributed by atoms with Gasteiger partial charge in [0.05, 0.1) is 0 Å². The summed E-state index contributed by atoms with van der Waals surface area (Å²) in [6, 6.07) is 8.87. The van der Waals surface area contributed by atoms with E-state index in [-0.39, 0.29) is 12.0 Å². The number of amides is 1. The number of aromatic nitrogens is 1. The molecule has 0 radical (unpaired) electrons. The van der Waals surface area contributed by atoms with Crippen LogP contribution in [0.4, 0.5) is 0 Å². The first-order chi connectivity index (χ1) is 12.2. The van der Waals surface area contributed by atoms with Crippen molar-refractivity contribution in [1.82, 2.24) is 14.4 Å². The van der Waals surface area contributed by atoms with Gasteiger partial charge in [-0.25, -0.2) is 0 Å². The van der Waals surface area contributed by atoms with Gasteiger partial charge < -0.3 is 14.2 Å². The largest absolute Gasteiger partial charge is 0.368 e. The first kappa shape index (κ1) is 16.6. The SMILES string of the molecule is Cn1ccc2ccc(CN3CCCN(C(=O)C4CCCO4)CC3)cc21. The highest BCUT2D eigenvalue weighted by Crippen LogP contribution is 2.19. The first-order valence-corrected chi connectivity index (χ1v) is 9.37. The van der Waals surface area contributed by atoms with Gasteiger partial charge in [0.15, 0.2) is 0 Å². The fourth-order valence-electron chi connectivity index (χ4n) is 3.99. The monoisotopic (exact) mass is 341 g/mol. The minimum absolute atomic E-state index is 0.189. The molecule has 0 spiro atoms. The molecule has 0 saturated carbocycles. The molecule has 0 N–H and O–H groups in total. The second-order valence-electron chi connectivity index (χ2n) is 7.28. The van der Waals surface area contributed by atoms with E-state index in [1.54, 1.807) is 0 Å². The van der Waals surface area contributed by atoms with Gasteiger partial charge in [0.2, 0.25) is 0 Å². The molecule has 1 aromatic heterocycles. The fourth-order valence-corrected chi connectivity index (χ4v) is 3.99. The van der Waals surface area contributed by atoms with E-state index in [0.29, 0.717) is 0 Å². The van der Waals surface area contributed by atoms with Crippen molar-refractivity contribution in [3.8, 4) is 0 Å². The topological polar surface area (TPSA) is 37.7 Å². The number of benzene rings is 1. The molecule has 2 aromatic rings. The molecule has 1 amide bonds. The molecule has 0 bridgehead atoms. The lowest BCUT2D eigenvalue weighted by Gasteiger charge is -2.24. The van der Waals surface area contributed by atoms with Gasteiger partial charge in [0.25, 0.3) is 5.91 Å². The Bertz CT molecular complexity index is 748. The third-order valence-electron chi connectivity index (χ3n) is 5.46. The van der Waals surface area contributed by atoms with Crippen LogP contribution in [0.2, 0.25) is 0 Å². The standard InChI is InChI=1S/C20H27N3O2/c1-21-10-7-17-6-5-16(14-18(17)21)15-22-8-3-9-23(12-11-22)20(24)19-4-2-13-25-19/h5-7,10,14,19H,2-4,8-9,11-13,15H2,1H3. The molecule has 1 unspecified atom stereocenters. The predicted octanol–water partition coefficient (Wildman–Crippen LogP) is 2.39. The maximum absolute atomic E-state index is 12.6. The Morgan fingerprint density at radius 1 is 1.16 bits per heavy atom. The van der Waals surface area contributed by atoms with E-state index in [9.17, 15) is 4.79 Å². The number of hydrogen-bond acceptors (Lipinski definition) is 3. The Morgan fingerprint density at radius 2 is 2.08 bits per heavy atom. The van der Waals surface area contributed by atoms with Crippen molar-refractivity contribution in [2.24, 2.45) is 7.05 Å². The highest BCUT2D eigenvalue weighted by molar-refractivity contribution is 5.81. The zero-order valence-electron chi connectivity index (χ0n) is 15.0. The molecule has 4 rings (SSSR count). The third kappa shape index (κ3) is 3.58. The van der Waals surface area contributed by atoms with E-state index in [4.69, 9.17) is 4.74 Å². The lowest BCUT2D eigenvalue weighted by atomic mass is 10.1. The average molecular weight is 341 g/mol. The molecule has 2 fully saturated rings. The zero-order valence-corrected chi connectivity index (χ0v) is 15.0. The lowest BCUT2D eigenvalue weighted by molar-refractivity contribution is -0.140. The van der Waals surface area contributed by atoms with Crippen molar-refractivity contribution in [2.45, 2.75) is 31.9 Å². The minimum Gasteiger partial charge on any atom is -0.368 e. The van der Waals surface area contributed by atoms with Crippen molar-refractivity contribution in [3.63, 3.8) is 0 Å². The molecule has 134 valence electrons. The van der Waals surface area contributed by atoms with Crippen LogP contribution in [0.25, 0.3) is 10.9 Å². The third-order valence-corrected chi connectivity index (χ3v) is 5.46. The number of aryl methyl sites for hydroxylation is 1. The molecule has 3 heterocycles. The van der Waals surface area contributed by atoms with Gasteiger partial charge in [-0.3, -0.25) is 9.69 Å². The molecule has 2 aliphatic rings. The van der Waals surface area contributed by atoms with Crippen LogP contribution in [0.1, 0.15) is 24.8 Å². The van der Waals surface area contributed by atoms with Crippen LogP contribution in [0.15, 0.2) is 30.5 Å². The van der Waals surface area contributed by atoms with Crippen LogP contribution < -0.4 is 0 Å². The number of carbonyl (C=O) groups excluding carboxylic acids is 1. The van der Waals surface area contributed by atoms with E-state index in [0.717, 1.165) is 58.6 Å². The van der Waals surface area contributed by atoms with Crippen molar-refractivity contribution >= 4 is 16.8 Å². The summed E-state index contributed by atoms with van der Waals surface area (Å²) >= 11 is 0. The quantitative estimate of drug-likeness (QED) is 0.860. The molecule has 1 aromatic carbocycles. The zero-order chi connectivity index (χ0) is 17.2. The smallest absolute Gasteiger partial charge is 0.251 e. The number of fused-ring (bicyclic) bond motifs is 1. The van der Waals surface area contributed by atoms with E-state index in [1.165, 1.54) is 16.5 Å². The summed E-state index contributed by atoms with van der Waals surface area (Å²) in [4.78, 5) is 17.0. The summed E-state index contributed by atoms with van der Waals surface area (Å²) in [7, 11) is 2.09.